The minimum absolute atomic E-state index is 0.209. The van der Waals surface area contributed by atoms with E-state index in [1.54, 1.807) is 17.6 Å². The van der Waals surface area contributed by atoms with Gasteiger partial charge in [-0.15, -0.1) is 11.3 Å². The molecule has 0 saturated carbocycles. The summed E-state index contributed by atoms with van der Waals surface area (Å²) >= 11 is 1.64. The van der Waals surface area contributed by atoms with Crippen molar-refractivity contribution in [1.82, 2.24) is 4.98 Å². The highest BCUT2D eigenvalue weighted by atomic mass is 32.1. The lowest BCUT2D eigenvalue weighted by atomic mass is 10.2. The number of rotatable bonds is 4. The van der Waals surface area contributed by atoms with Crippen LogP contribution in [0.1, 0.15) is 18.4 Å². The zero-order chi connectivity index (χ0) is 10.7. The summed E-state index contributed by atoms with van der Waals surface area (Å²) in [7, 11) is 0. The van der Waals surface area contributed by atoms with Crippen LogP contribution in [0, 0.1) is 0 Å². The van der Waals surface area contributed by atoms with Gasteiger partial charge in [-0.3, -0.25) is 0 Å². The molecule has 0 aliphatic rings. The van der Waals surface area contributed by atoms with Crippen molar-refractivity contribution < 1.29 is 4.42 Å². The van der Waals surface area contributed by atoms with Crippen molar-refractivity contribution in [2.75, 3.05) is 0 Å². The molecule has 0 aromatic carbocycles. The van der Waals surface area contributed by atoms with Crippen LogP contribution in [0.25, 0.3) is 11.5 Å². The Morgan fingerprint density at radius 3 is 3.13 bits per heavy atom. The van der Waals surface area contributed by atoms with Crippen LogP contribution in [0.3, 0.4) is 0 Å². The van der Waals surface area contributed by atoms with E-state index in [1.807, 2.05) is 17.5 Å². The standard InChI is InChI=1S/C11H14N2OS/c1-2-8(12)6-11-13-9(7-15-11)10-4-3-5-14-10/h3-5,7-8H,2,6,12H2,1H3. The second-order valence-electron chi connectivity index (χ2n) is 3.48. The monoisotopic (exact) mass is 222 g/mol. The average molecular weight is 222 g/mol. The van der Waals surface area contributed by atoms with Gasteiger partial charge in [0.05, 0.1) is 11.3 Å². The molecule has 2 heterocycles. The second kappa shape index (κ2) is 4.59. The van der Waals surface area contributed by atoms with Gasteiger partial charge in [0, 0.05) is 17.8 Å². The molecule has 15 heavy (non-hydrogen) atoms. The van der Waals surface area contributed by atoms with E-state index in [9.17, 15) is 0 Å². The van der Waals surface area contributed by atoms with E-state index in [1.165, 1.54) is 0 Å². The molecule has 2 N–H and O–H groups in total. The first-order valence-corrected chi connectivity index (χ1v) is 5.91. The molecule has 0 spiro atoms. The summed E-state index contributed by atoms with van der Waals surface area (Å²) in [6, 6.07) is 3.99. The minimum atomic E-state index is 0.209. The fraction of sp³-hybridized carbons (Fsp3) is 0.364. The number of hydrogen-bond donors (Lipinski definition) is 1. The third kappa shape index (κ3) is 2.46. The van der Waals surface area contributed by atoms with E-state index in [2.05, 4.69) is 11.9 Å². The number of furan rings is 1. The molecule has 0 aliphatic heterocycles. The van der Waals surface area contributed by atoms with Gasteiger partial charge in [-0.05, 0) is 18.6 Å². The summed E-state index contributed by atoms with van der Waals surface area (Å²) in [4.78, 5) is 4.49. The summed E-state index contributed by atoms with van der Waals surface area (Å²) in [6.45, 7) is 2.09. The molecule has 0 fully saturated rings. The molecule has 0 amide bonds. The maximum Gasteiger partial charge on any atom is 0.153 e. The summed E-state index contributed by atoms with van der Waals surface area (Å²) < 4.78 is 5.28. The normalized spacial score (nSPS) is 12.9. The van der Waals surface area contributed by atoms with Crippen LogP contribution in [0.4, 0.5) is 0 Å². The molecule has 0 aliphatic carbocycles. The summed E-state index contributed by atoms with van der Waals surface area (Å²) in [6.07, 6.45) is 3.49. The Labute approximate surface area is 92.9 Å². The van der Waals surface area contributed by atoms with Gasteiger partial charge >= 0.3 is 0 Å². The molecule has 0 bridgehead atoms. The van der Waals surface area contributed by atoms with Crippen molar-refractivity contribution in [1.29, 1.82) is 0 Å². The number of nitrogens with zero attached hydrogens (tertiary/aromatic N) is 1. The molecule has 2 aromatic heterocycles. The van der Waals surface area contributed by atoms with Gasteiger partial charge in [-0.2, -0.15) is 0 Å². The van der Waals surface area contributed by atoms with Gasteiger partial charge in [-0.1, -0.05) is 6.92 Å². The summed E-state index contributed by atoms with van der Waals surface area (Å²) in [5.74, 6) is 0.822. The molecule has 2 rings (SSSR count). The molecule has 1 atom stereocenters. The zero-order valence-corrected chi connectivity index (χ0v) is 9.46. The lowest BCUT2D eigenvalue weighted by molar-refractivity contribution is 0.579. The van der Waals surface area contributed by atoms with Gasteiger partial charge in [0.1, 0.15) is 5.69 Å². The Kier molecular flexibility index (Phi) is 3.18. The topological polar surface area (TPSA) is 52.0 Å². The Morgan fingerprint density at radius 2 is 2.47 bits per heavy atom. The highest BCUT2D eigenvalue weighted by Crippen LogP contribution is 2.22. The quantitative estimate of drug-likeness (QED) is 0.865. The molecule has 4 heteroatoms. The second-order valence-corrected chi connectivity index (χ2v) is 4.42. The minimum Gasteiger partial charge on any atom is -0.463 e. The number of hydrogen-bond acceptors (Lipinski definition) is 4. The smallest absolute Gasteiger partial charge is 0.153 e. The Bertz CT molecular complexity index is 408. The van der Waals surface area contributed by atoms with E-state index in [-0.39, 0.29) is 6.04 Å². The maximum atomic E-state index is 5.88. The van der Waals surface area contributed by atoms with E-state index in [4.69, 9.17) is 10.2 Å². The molecule has 0 radical (unpaired) electrons. The number of nitrogens with two attached hydrogens (primary N) is 1. The fourth-order valence-electron chi connectivity index (χ4n) is 1.31. The Hall–Kier alpha value is -1.13. The van der Waals surface area contributed by atoms with Gasteiger partial charge in [0.2, 0.25) is 0 Å². The fourth-order valence-corrected chi connectivity index (χ4v) is 2.19. The Balaban J connectivity index is 2.11. The van der Waals surface area contributed by atoms with E-state index in [0.717, 1.165) is 29.3 Å². The molecule has 0 saturated heterocycles. The van der Waals surface area contributed by atoms with E-state index < -0.39 is 0 Å². The third-order valence-corrected chi connectivity index (χ3v) is 3.16. The first kappa shape index (κ1) is 10.4. The SMILES string of the molecule is CCC(N)Cc1nc(-c2ccco2)cs1. The Morgan fingerprint density at radius 1 is 1.60 bits per heavy atom. The van der Waals surface area contributed by atoms with Crippen molar-refractivity contribution in [2.45, 2.75) is 25.8 Å². The molecule has 2 aromatic rings. The lowest BCUT2D eigenvalue weighted by Crippen LogP contribution is -2.21. The van der Waals surface area contributed by atoms with Crippen LogP contribution < -0.4 is 5.73 Å². The first-order valence-electron chi connectivity index (χ1n) is 5.03. The maximum absolute atomic E-state index is 5.88. The average Bonchev–Trinajstić information content (AvgIpc) is 2.85. The predicted octanol–water partition coefficient (Wildman–Crippen LogP) is 2.68. The molecular formula is C11H14N2OS. The van der Waals surface area contributed by atoms with Crippen LogP contribution in [-0.2, 0) is 6.42 Å². The number of thiazole rings is 1. The van der Waals surface area contributed by atoms with Crippen molar-refractivity contribution in [3.8, 4) is 11.5 Å². The predicted molar refractivity (Wildman–Crippen MR) is 61.8 cm³/mol. The van der Waals surface area contributed by atoms with Gasteiger partial charge in [-0.25, -0.2) is 4.98 Å². The van der Waals surface area contributed by atoms with E-state index in [0.29, 0.717) is 0 Å². The summed E-state index contributed by atoms with van der Waals surface area (Å²) in [5, 5.41) is 3.09. The van der Waals surface area contributed by atoms with Crippen LogP contribution in [0.15, 0.2) is 28.2 Å². The van der Waals surface area contributed by atoms with Crippen molar-refractivity contribution in [2.24, 2.45) is 5.73 Å². The summed E-state index contributed by atoms with van der Waals surface area (Å²) in [5.41, 5.74) is 6.78. The molecule has 80 valence electrons. The highest BCUT2D eigenvalue weighted by Gasteiger charge is 2.09. The van der Waals surface area contributed by atoms with Crippen molar-refractivity contribution in [3.05, 3.63) is 28.8 Å². The van der Waals surface area contributed by atoms with Gasteiger partial charge in [0.15, 0.2) is 5.76 Å². The molecular weight excluding hydrogens is 208 g/mol. The van der Waals surface area contributed by atoms with Crippen molar-refractivity contribution in [3.63, 3.8) is 0 Å². The van der Waals surface area contributed by atoms with Crippen LogP contribution in [0.2, 0.25) is 0 Å². The lowest BCUT2D eigenvalue weighted by Gasteiger charge is -2.04. The third-order valence-electron chi connectivity index (χ3n) is 2.29. The molecule has 3 nitrogen and oxygen atoms in total. The van der Waals surface area contributed by atoms with Crippen LogP contribution in [0.5, 0.6) is 0 Å². The first-order chi connectivity index (χ1) is 7.29. The van der Waals surface area contributed by atoms with Crippen LogP contribution >= 0.6 is 11.3 Å². The van der Waals surface area contributed by atoms with Crippen molar-refractivity contribution >= 4 is 11.3 Å². The zero-order valence-electron chi connectivity index (χ0n) is 8.64. The van der Waals surface area contributed by atoms with Crippen LogP contribution in [-0.4, -0.2) is 11.0 Å². The van der Waals surface area contributed by atoms with E-state index >= 15 is 0 Å². The molecule has 1 unspecified atom stereocenters. The van der Waals surface area contributed by atoms with Gasteiger partial charge < -0.3 is 10.2 Å². The highest BCUT2D eigenvalue weighted by molar-refractivity contribution is 7.09. The van der Waals surface area contributed by atoms with Gasteiger partial charge in [0.25, 0.3) is 0 Å². The number of aromatic nitrogens is 1. The largest absolute Gasteiger partial charge is 0.463 e.